The minimum absolute atomic E-state index is 0.00784. The van der Waals surface area contributed by atoms with Crippen LogP contribution in [0.15, 0.2) is 54.1 Å². The van der Waals surface area contributed by atoms with Gasteiger partial charge in [-0.3, -0.25) is 14.5 Å². The molecule has 1 N–H and O–H groups in total. The number of carbonyl (C=O) groups excluding carboxylic acids is 2. The number of benzene rings is 1. The summed E-state index contributed by atoms with van der Waals surface area (Å²) in [7, 11) is 0. The van der Waals surface area contributed by atoms with Crippen LogP contribution >= 0.6 is 11.3 Å². The molecule has 1 atom stereocenters. The highest BCUT2D eigenvalue weighted by atomic mass is 32.1. The van der Waals surface area contributed by atoms with Crippen LogP contribution in [0.25, 0.3) is 0 Å². The Morgan fingerprint density at radius 1 is 1.27 bits per heavy atom. The van der Waals surface area contributed by atoms with Gasteiger partial charge in [0.1, 0.15) is 0 Å². The third-order valence-electron chi connectivity index (χ3n) is 5.44. The molecule has 1 spiro atoms. The number of carbonyl (C=O) groups is 2. The molecule has 0 bridgehead atoms. The maximum absolute atomic E-state index is 13.5. The predicted molar refractivity (Wildman–Crippen MR) is 116 cm³/mol. The number of thiazole rings is 1. The molecule has 2 amide bonds. The monoisotopic (exact) mass is 426 g/mol. The van der Waals surface area contributed by atoms with Crippen molar-refractivity contribution in [3.05, 3.63) is 59.6 Å². The highest BCUT2D eigenvalue weighted by Crippen LogP contribution is 2.27. The van der Waals surface area contributed by atoms with Gasteiger partial charge in [-0.1, -0.05) is 42.5 Å². The molecule has 0 saturated carbocycles. The van der Waals surface area contributed by atoms with Crippen LogP contribution in [-0.4, -0.2) is 71.5 Å². The lowest BCUT2D eigenvalue weighted by molar-refractivity contribution is -0.170. The molecule has 30 heavy (non-hydrogen) atoms. The van der Waals surface area contributed by atoms with Crippen molar-refractivity contribution < 1.29 is 14.3 Å². The first-order chi connectivity index (χ1) is 14.6. The van der Waals surface area contributed by atoms with Crippen LogP contribution in [0.3, 0.4) is 0 Å². The third kappa shape index (κ3) is 4.95. The molecule has 1 aromatic heterocycles. The Balaban J connectivity index is 1.40. The second-order valence-electron chi connectivity index (χ2n) is 7.60. The van der Waals surface area contributed by atoms with Gasteiger partial charge < -0.3 is 15.0 Å². The lowest BCUT2D eigenvalue weighted by Gasteiger charge is -2.42. The van der Waals surface area contributed by atoms with Crippen LogP contribution < -0.4 is 5.32 Å². The summed E-state index contributed by atoms with van der Waals surface area (Å²) in [6, 6.07) is 10.2. The molecule has 8 heteroatoms. The van der Waals surface area contributed by atoms with E-state index in [-0.39, 0.29) is 18.4 Å². The molecule has 0 aliphatic carbocycles. The van der Waals surface area contributed by atoms with Gasteiger partial charge in [0.15, 0.2) is 10.7 Å². The largest absolute Gasteiger partial charge is 0.362 e. The van der Waals surface area contributed by atoms with Crippen LogP contribution in [0.5, 0.6) is 0 Å². The molecule has 0 unspecified atom stereocenters. The van der Waals surface area contributed by atoms with Crippen molar-refractivity contribution in [2.75, 3.05) is 44.6 Å². The summed E-state index contributed by atoms with van der Waals surface area (Å²) in [6.45, 7) is 2.89. The summed E-state index contributed by atoms with van der Waals surface area (Å²) >= 11 is 1.39. The van der Waals surface area contributed by atoms with Crippen molar-refractivity contribution in [3.8, 4) is 0 Å². The number of hydrogen-bond donors (Lipinski definition) is 1. The highest BCUT2D eigenvalue weighted by molar-refractivity contribution is 7.13. The van der Waals surface area contributed by atoms with Crippen molar-refractivity contribution in [1.82, 2.24) is 14.8 Å². The third-order valence-corrected chi connectivity index (χ3v) is 6.13. The zero-order valence-corrected chi connectivity index (χ0v) is 17.6. The number of anilines is 1. The smallest absolute Gasteiger partial charge is 0.256 e. The Morgan fingerprint density at radius 2 is 2.13 bits per heavy atom. The van der Waals surface area contributed by atoms with Crippen LogP contribution in [0, 0.1) is 0 Å². The summed E-state index contributed by atoms with van der Waals surface area (Å²) in [5.74, 6) is -0.118. The molecule has 2 aromatic rings. The summed E-state index contributed by atoms with van der Waals surface area (Å²) in [5, 5.41) is 5.21. The second kappa shape index (κ2) is 9.51. The Labute approximate surface area is 180 Å². The molecular formula is C22H26N4O3S. The molecule has 4 rings (SSSR count). The zero-order chi connectivity index (χ0) is 20.8. The Kier molecular flexibility index (Phi) is 6.56. The molecule has 0 radical (unpaired) electrons. The van der Waals surface area contributed by atoms with Gasteiger partial charge >= 0.3 is 0 Å². The van der Waals surface area contributed by atoms with Crippen molar-refractivity contribution in [3.63, 3.8) is 0 Å². The number of nitrogens with one attached hydrogen (secondary N) is 1. The molecule has 2 aliphatic heterocycles. The van der Waals surface area contributed by atoms with E-state index in [4.69, 9.17) is 4.74 Å². The molecular weight excluding hydrogens is 400 g/mol. The first-order valence-electron chi connectivity index (χ1n) is 10.2. The average Bonchev–Trinajstić information content (AvgIpc) is 3.21. The first-order valence-corrected chi connectivity index (χ1v) is 11.1. The van der Waals surface area contributed by atoms with Gasteiger partial charge in [0.05, 0.1) is 13.2 Å². The van der Waals surface area contributed by atoms with Gasteiger partial charge in [-0.15, -0.1) is 11.3 Å². The highest BCUT2D eigenvalue weighted by Gasteiger charge is 2.46. The summed E-state index contributed by atoms with van der Waals surface area (Å²) < 4.78 is 6.07. The Hall–Kier alpha value is -2.55. The van der Waals surface area contributed by atoms with Gasteiger partial charge in [0, 0.05) is 44.2 Å². The van der Waals surface area contributed by atoms with Crippen molar-refractivity contribution >= 4 is 28.3 Å². The molecule has 158 valence electrons. The first kappa shape index (κ1) is 20.7. The van der Waals surface area contributed by atoms with Gasteiger partial charge in [-0.2, -0.15) is 0 Å². The number of morpholine rings is 1. The normalized spacial score (nSPS) is 22.3. The lowest BCUT2D eigenvalue weighted by atomic mass is 9.95. The molecule has 7 nitrogen and oxygen atoms in total. The molecule has 1 aromatic carbocycles. The van der Waals surface area contributed by atoms with E-state index in [1.54, 1.807) is 6.20 Å². The average molecular weight is 427 g/mol. The number of amides is 2. The lowest BCUT2D eigenvalue weighted by Crippen LogP contribution is -2.61. The van der Waals surface area contributed by atoms with Gasteiger partial charge in [0.2, 0.25) is 5.91 Å². The number of hydrogen-bond acceptors (Lipinski definition) is 6. The van der Waals surface area contributed by atoms with E-state index < -0.39 is 5.60 Å². The van der Waals surface area contributed by atoms with Crippen molar-refractivity contribution in [2.24, 2.45) is 0 Å². The Morgan fingerprint density at radius 3 is 2.93 bits per heavy atom. The van der Waals surface area contributed by atoms with E-state index in [0.29, 0.717) is 44.3 Å². The SMILES string of the molecule is O=C(CN1CCO[C@]2(CC=CCN(CCc3ccccc3)C2=O)C1)Nc1nccs1. The fourth-order valence-corrected chi connectivity index (χ4v) is 4.47. The van der Waals surface area contributed by atoms with Crippen LogP contribution in [0.4, 0.5) is 5.13 Å². The topological polar surface area (TPSA) is 74.8 Å². The molecule has 2 aliphatic rings. The van der Waals surface area contributed by atoms with Crippen molar-refractivity contribution in [2.45, 2.75) is 18.4 Å². The number of rotatable bonds is 6. The van der Waals surface area contributed by atoms with E-state index in [1.165, 1.54) is 16.9 Å². The Bertz CT molecular complexity index is 887. The number of nitrogens with zero attached hydrogens (tertiary/aromatic N) is 3. The van der Waals surface area contributed by atoms with Gasteiger partial charge in [0.25, 0.3) is 5.91 Å². The van der Waals surface area contributed by atoms with E-state index in [2.05, 4.69) is 22.4 Å². The minimum Gasteiger partial charge on any atom is -0.362 e. The standard InChI is InChI=1S/C22H26N4O3S/c27-19(24-21-23-10-15-30-21)16-25-13-14-29-22(17-25)9-4-5-11-26(20(22)28)12-8-18-6-2-1-3-7-18/h1-7,10,15H,8-9,11-14,16-17H2,(H,23,24,27)/t22-/m1/s1. The maximum atomic E-state index is 13.5. The van der Waals surface area contributed by atoms with Gasteiger partial charge in [-0.25, -0.2) is 4.98 Å². The fraction of sp³-hybridized carbons (Fsp3) is 0.409. The second-order valence-corrected chi connectivity index (χ2v) is 8.50. The summed E-state index contributed by atoms with van der Waals surface area (Å²) in [6.07, 6.45) is 7.05. The van der Waals surface area contributed by atoms with E-state index >= 15 is 0 Å². The van der Waals surface area contributed by atoms with Gasteiger partial charge in [-0.05, 0) is 12.0 Å². The molecule has 1 fully saturated rings. The van der Waals surface area contributed by atoms with Crippen LogP contribution in [-0.2, 0) is 20.7 Å². The van der Waals surface area contributed by atoms with Crippen LogP contribution in [0.1, 0.15) is 12.0 Å². The molecule has 1 saturated heterocycles. The number of aromatic nitrogens is 1. The minimum atomic E-state index is -0.927. The van der Waals surface area contributed by atoms with E-state index in [0.717, 1.165) is 6.42 Å². The zero-order valence-electron chi connectivity index (χ0n) is 16.8. The predicted octanol–water partition coefficient (Wildman–Crippen LogP) is 2.18. The summed E-state index contributed by atoms with van der Waals surface area (Å²) in [5.41, 5.74) is 0.279. The molecule has 3 heterocycles. The maximum Gasteiger partial charge on any atom is 0.256 e. The number of ether oxygens (including phenoxy) is 1. The van der Waals surface area contributed by atoms with Crippen molar-refractivity contribution in [1.29, 1.82) is 0 Å². The van der Waals surface area contributed by atoms with E-state index in [1.807, 2.05) is 45.5 Å². The summed E-state index contributed by atoms with van der Waals surface area (Å²) in [4.78, 5) is 33.8. The quantitative estimate of drug-likeness (QED) is 0.717. The van der Waals surface area contributed by atoms with E-state index in [9.17, 15) is 9.59 Å². The fourth-order valence-electron chi connectivity index (χ4n) is 3.93. The van der Waals surface area contributed by atoms with Crippen LogP contribution in [0.2, 0.25) is 0 Å².